The summed E-state index contributed by atoms with van der Waals surface area (Å²) in [6.07, 6.45) is -2.34. The molecular formula is C39H54O7Si. The van der Waals surface area contributed by atoms with E-state index in [0.717, 1.165) is 28.7 Å². The van der Waals surface area contributed by atoms with E-state index in [1.165, 1.54) is 0 Å². The number of ether oxygens (including phenoxy) is 4. The van der Waals surface area contributed by atoms with Crippen molar-refractivity contribution in [2.45, 2.75) is 110 Å². The van der Waals surface area contributed by atoms with Crippen LogP contribution in [-0.2, 0) is 48.0 Å². The lowest BCUT2D eigenvalue weighted by Crippen LogP contribution is -2.60. The molecule has 0 aliphatic rings. The number of Topliss-reactive ketones (excluding diaryl/α,β-unsaturated/α-hetero) is 1. The van der Waals surface area contributed by atoms with Crippen LogP contribution in [-0.4, -0.2) is 51.9 Å². The van der Waals surface area contributed by atoms with Gasteiger partial charge in [0.2, 0.25) is 0 Å². The molecule has 0 aromatic heterocycles. The molecule has 0 saturated heterocycles. The summed E-state index contributed by atoms with van der Waals surface area (Å²) in [4.78, 5) is 26.7. The average Bonchev–Trinajstić information content (AvgIpc) is 3.06. The van der Waals surface area contributed by atoms with E-state index in [2.05, 4.69) is 33.9 Å². The first-order chi connectivity index (χ1) is 22.2. The van der Waals surface area contributed by atoms with Crippen molar-refractivity contribution in [3.63, 3.8) is 0 Å². The van der Waals surface area contributed by atoms with Crippen molar-refractivity contribution in [2.75, 3.05) is 7.11 Å². The van der Waals surface area contributed by atoms with Gasteiger partial charge in [-0.25, -0.2) is 0 Å². The van der Waals surface area contributed by atoms with Crippen molar-refractivity contribution < 1.29 is 33.0 Å². The fraction of sp³-hybridized carbons (Fsp3) is 0.487. The van der Waals surface area contributed by atoms with Gasteiger partial charge in [-0.05, 0) is 47.0 Å². The highest BCUT2D eigenvalue weighted by atomic mass is 28.4. The molecule has 0 fully saturated rings. The molecule has 0 radical (unpaired) electrons. The van der Waals surface area contributed by atoms with Crippen molar-refractivity contribution in [3.8, 4) is 5.75 Å². The minimum absolute atomic E-state index is 0.0699. The van der Waals surface area contributed by atoms with Crippen LogP contribution >= 0.6 is 0 Å². The first-order valence-corrected chi connectivity index (χ1v) is 19.4. The highest BCUT2D eigenvalue weighted by molar-refractivity contribution is 6.74. The Bertz CT molecular complexity index is 1370. The van der Waals surface area contributed by atoms with E-state index in [-0.39, 0.29) is 37.1 Å². The Morgan fingerprint density at radius 1 is 0.723 bits per heavy atom. The van der Waals surface area contributed by atoms with Crippen LogP contribution in [0.1, 0.15) is 64.7 Å². The second-order valence-electron chi connectivity index (χ2n) is 14.1. The van der Waals surface area contributed by atoms with E-state index in [1.807, 2.05) is 106 Å². The molecular weight excluding hydrogens is 609 g/mol. The number of carbonyl (C=O) groups excluding carboxylic acids is 2. The summed E-state index contributed by atoms with van der Waals surface area (Å²) in [5, 5.41) is -0.159. The second kappa shape index (κ2) is 17.3. The molecule has 0 saturated carbocycles. The molecule has 0 heterocycles. The fourth-order valence-electron chi connectivity index (χ4n) is 5.18. The number of hydrogen-bond donors (Lipinski definition) is 0. The standard InChI is InChI=1S/C39H54O7Si/c1-10-33(41)35(44-27-30-19-15-12-16-20-30)37(46-47(8,9)38(2,3)4)39(5,6)36(45-28-31-21-23-32(42-7)24-22-31)34(25-40)43-26-29-17-13-11-14-18-29/h11-25,34-37H,10,26-28H2,1-9H3/t34-,35-,36-,37-/m0/s1. The van der Waals surface area contributed by atoms with Gasteiger partial charge in [0.05, 0.1) is 39.1 Å². The molecule has 0 aliphatic heterocycles. The molecule has 0 amide bonds. The quantitative estimate of drug-likeness (QED) is 0.0943. The SMILES string of the molecule is CCC(=O)[C@H](OCc1ccccc1)[C@H](O[Si](C)(C)C(C)(C)C)C(C)(C)[C@@H](OCc1ccc(OC)cc1)[C@H](C=O)OCc1ccccc1. The summed E-state index contributed by atoms with van der Waals surface area (Å²) in [7, 11) is -0.873. The van der Waals surface area contributed by atoms with Gasteiger partial charge in [0.25, 0.3) is 0 Å². The van der Waals surface area contributed by atoms with Crippen molar-refractivity contribution >= 4 is 20.4 Å². The smallest absolute Gasteiger partial charge is 0.192 e. The summed E-state index contributed by atoms with van der Waals surface area (Å²) in [5.74, 6) is 0.668. The largest absolute Gasteiger partial charge is 0.497 e. The Labute approximate surface area is 283 Å². The van der Waals surface area contributed by atoms with E-state index in [9.17, 15) is 9.59 Å². The molecule has 3 rings (SSSR count). The molecule has 0 unspecified atom stereocenters. The third-order valence-corrected chi connectivity index (χ3v) is 13.7. The minimum Gasteiger partial charge on any atom is -0.497 e. The Balaban J connectivity index is 2.09. The molecule has 3 aromatic carbocycles. The van der Waals surface area contributed by atoms with Crippen LogP contribution < -0.4 is 4.74 Å². The van der Waals surface area contributed by atoms with Gasteiger partial charge in [-0.15, -0.1) is 0 Å². The van der Waals surface area contributed by atoms with Crippen LogP contribution in [0.4, 0.5) is 0 Å². The van der Waals surface area contributed by atoms with E-state index in [0.29, 0.717) is 0 Å². The van der Waals surface area contributed by atoms with Crippen LogP contribution in [0.2, 0.25) is 18.1 Å². The zero-order valence-electron chi connectivity index (χ0n) is 29.7. The topological polar surface area (TPSA) is 80.3 Å². The molecule has 3 aromatic rings. The molecule has 0 aliphatic carbocycles. The third-order valence-electron chi connectivity index (χ3n) is 9.21. The molecule has 8 heteroatoms. The molecule has 7 nitrogen and oxygen atoms in total. The molecule has 256 valence electrons. The zero-order chi connectivity index (χ0) is 34.7. The zero-order valence-corrected chi connectivity index (χ0v) is 30.7. The highest BCUT2D eigenvalue weighted by Gasteiger charge is 2.52. The van der Waals surface area contributed by atoms with E-state index >= 15 is 0 Å². The van der Waals surface area contributed by atoms with Gasteiger partial charge >= 0.3 is 0 Å². The lowest BCUT2D eigenvalue weighted by atomic mass is 9.75. The summed E-state index contributed by atoms with van der Waals surface area (Å²) >= 11 is 0. The molecule has 47 heavy (non-hydrogen) atoms. The van der Waals surface area contributed by atoms with Crippen molar-refractivity contribution in [3.05, 3.63) is 102 Å². The first-order valence-electron chi connectivity index (χ1n) is 16.4. The number of rotatable bonds is 19. The first kappa shape index (κ1) is 38.3. The maximum Gasteiger partial charge on any atom is 0.192 e. The van der Waals surface area contributed by atoms with Crippen LogP contribution in [0.3, 0.4) is 0 Å². The summed E-state index contributed by atoms with van der Waals surface area (Å²) in [6.45, 7) is 17.3. The number of carbonyl (C=O) groups is 2. The maximum absolute atomic E-state index is 13.8. The molecule has 0 spiro atoms. The van der Waals surface area contributed by atoms with Crippen molar-refractivity contribution in [1.82, 2.24) is 0 Å². The monoisotopic (exact) mass is 662 g/mol. The van der Waals surface area contributed by atoms with Crippen LogP contribution in [0, 0.1) is 5.41 Å². The second-order valence-corrected chi connectivity index (χ2v) is 18.9. The number of ketones is 1. The summed E-state index contributed by atoms with van der Waals surface area (Å²) in [6, 6.07) is 27.1. The number of benzene rings is 3. The predicted octanol–water partition coefficient (Wildman–Crippen LogP) is 8.35. The van der Waals surface area contributed by atoms with Crippen LogP contribution in [0.15, 0.2) is 84.9 Å². The van der Waals surface area contributed by atoms with Gasteiger partial charge < -0.3 is 28.2 Å². The van der Waals surface area contributed by atoms with Crippen molar-refractivity contribution in [2.24, 2.45) is 5.41 Å². The van der Waals surface area contributed by atoms with Gasteiger partial charge in [-0.1, -0.05) is 114 Å². The average molecular weight is 663 g/mol. The Hall–Kier alpha value is -3.14. The van der Waals surface area contributed by atoms with E-state index in [4.69, 9.17) is 23.4 Å². The van der Waals surface area contributed by atoms with E-state index in [1.54, 1.807) is 7.11 Å². The Morgan fingerprint density at radius 2 is 1.21 bits per heavy atom. The van der Waals surface area contributed by atoms with E-state index < -0.39 is 38.1 Å². The fourth-order valence-corrected chi connectivity index (χ4v) is 6.59. The summed E-state index contributed by atoms with van der Waals surface area (Å²) < 4.78 is 32.0. The maximum atomic E-state index is 13.8. The number of aldehydes is 1. The van der Waals surface area contributed by atoms with Gasteiger partial charge in [-0.3, -0.25) is 4.79 Å². The predicted molar refractivity (Wildman–Crippen MR) is 189 cm³/mol. The number of methoxy groups -OCH3 is 1. The molecule has 0 N–H and O–H groups in total. The minimum atomic E-state index is -2.50. The van der Waals surface area contributed by atoms with Crippen LogP contribution in [0.25, 0.3) is 0 Å². The summed E-state index contributed by atoms with van der Waals surface area (Å²) in [5.41, 5.74) is 1.86. The number of hydrogen-bond acceptors (Lipinski definition) is 7. The van der Waals surface area contributed by atoms with Gasteiger partial charge in [0.15, 0.2) is 20.4 Å². The lowest BCUT2D eigenvalue weighted by molar-refractivity contribution is -0.183. The van der Waals surface area contributed by atoms with Gasteiger partial charge in [0.1, 0.15) is 18.0 Å². The van der Waals surface area contributed by atoms with Gasteiger partial charge in [0, 0.05) is 11.8 Å². The Morgan fingerprint density at radius 3 is 1.68 bits per heavy atom. The van der Waals surface area contributed by atoms with Crippen molar-refractivity contribution in [1.29, 1.82) is 0 Å². The van der Waals surface area contributed by atoms with Gasteiger partial charge in [-0.2, -0.15) is 0 Å². The molecule has 4 atom stereocenters. The Kier molecular flexibility index (Phi) is 14.1. The normalized spacial score (nSPS) is 15.0. The van der Waals surface area contributed by atoms with Crippen LogP contribution in [0.5, 0.6) is 5.75 Å². The highest BCUT2D eigenvalue weighted by Crippen LogP contribution is 2.44. The molecule has 0 bridgehead atoms. The lowest BCUT2D eigenvalue weighted by Gasteiger charge is -2.49. The third kappa shape index (κ3) is 10.7.